The average molecular weight is 284 g/mol. The standard InChI is InChI=1S/C18H21FN2/c1-2-13-6-4-8-20-18(13)12-21-17-10-15(11-17)14-5-3-7-16(19)9-14/h3-9,15,17,21H,2,10-12H2,1H3. The van der Waals surface area contributed by atoms with Crippen LogP contribution in [0.25, 0.3) is 0 Å². The molecule has 0 atom stereocenters. The molecule has 1 fully saturated rings. The topological polar surface area (TPSA) is 24.9 Å². The van der Waals surface area contributed by atoms with Crippen molar-refractivity contribution < 1.29 is 4.39 Å². The number of nitrogens with zero attached hydrogens (tertiary/aromatic N) is 1. The molecule has 1 N–H and O–H groups in total. The summed E-state index contributed by atoms with van der Waals surface area (Å²) in [5, 5.41) is 3.57. The van der Waals surface area contributed by atoms with E-state index in [1.165, 1.54) is 11.6 Å². The van der Waals surface area contributed by atoms with Crippen LogP contribution in [-0.2, 0) is 13.0 Å². The van der Waals surface area contributed by atoms with Gasteiger partial charge in [0.15, 0.2) is 0 Å². The molecule has 1 aromatic heterocycles. The van der Waals surface area contributed by atoms with Gasteiger partial charge in [0.25, 0.3) is 0 Å². The number of halogens is 1. The maximum atomic E-state index is 13.2. The van der Waals surface area contributed by atoms with E-state index < -0.39 is 0 Å². The van der Waals surface area contributed by atoms with Crippen LogP contribution in [-0.4, -0.2) is 11.0 Å². The molecule has 1 aromatic carbocycles. The van der Waals surface area contributed by atoms with Crippen molar-refractivity contribution in [2.24, 2.45) is 0 Å². The monoisotopic (exact) mass is 284 g/mol. The van der Waals surface area contributed by atoms with E-state index in [1.54, 1.807) is 12.1 Å². The second kappa shape index (κ2) is 6.35. The summed E-state index contributed by atoms with van der Waals surface area (Å²) in [6.07, 6.45) is 5.03. The molecule has 110 valence electrons. The van der Waals surface area contributed by atoms with Crippen LogP contribution in [0.1, 0.15) is 42.5 Å². The van der Waals surface area contributed by atoms with Crippen molar-refractivity contribution in [1.29, 1.82) is 0 Å². The molecule has 1 saturated carbocycles. The predicted octanol–water partition coefficient (Wildman–Crippen LogP) is 3.82. The van der Waals surface area contributed by atoms with Gasteiger partial charge in [0.05, 0.1) is 5.69 Å². The summed E-state index contributed by atoms with van der Waals surface area (Å²) >= 11 is 0. The third kappa shape index (κ3) is 3.30. The molecular formula is C18H21FN2. The van der Waals surface area contributed by atoms with Crippen LogP contribution in [0.15, 0.2) is 42.6 Å². The highest BCUT2D eigenvalue weighted by atomic mass is 19.1. The molecule has 1 aliphatic carbocycles. The van der Waals surface area contributed by atoms with Gasteiger partial charge in [0, 0.05) is 18.8 Å². The van der Waals surface area contributed by atoms with E-state index in [9.17, 15) is 4.39 Å². The summed E-state index contributed by atoms with van der Waals surface area (Å²) < 4.78 is 13.2. The van der Waals surface area contributed by atoms with Crippen molar-refractivity contribution in [2.45, 2.75) is 44.7 Å². The Kier molecular flexibility index (Phi) is 4.30. The molecule has 0 aliphatic heterocycles. The largest absolute Gasteiger partial charge is 0.308 e. The van der Waals surface area contributed by atoms with Crippen LogP contribution in [0.2, 0.25) is 0 Å². The molecule has 1 aliphatic rings. The van der Waals surface area contributed by atoms with Crippen molar-refractivity contribution in [3.63, 3.8) is 0 Å². The number of hydrogen-bond donors (Lipinski definition) is 1. The summed E-state index contributed by atoms with van der Waals surface area (Å²) in [5.74, 6) is 0.359. The van der Waals surface area contributed by atoms with E-state index in [0.717, 1.165) is 37.1 Å². The first-order valence-electron chi connectivity index (χ1n) is 7.68. The normalized spacial score (nSPS) is 21.0. The molecule has 0 spiro atoms. The van der Waals surface area contributed by atoms with E-state index in [-0.39, 0.29) is 5.82 Å². The molecule has 2 aromatic rings. The highest BCUT2D eigenvalue weighted by molar-refractivity contribution is 5.24. The van der Waals surface area contributed by atoms with E-state index in [2.05, 4.69) is 23.3 Å². The predicted molar refractivity (Wildman–Crippen MR) is 82.6 cm³/mol. The number of pyridine rings is 1. The van der Waals surface area contributed by atoms with Crippen molar-refractivity contribution in [3.05, 3.63) is 65.2 Å². The van der Waals surface area contributed by atoms with Crippen LogP contribution in [0.5, 0.6) is 0 Å². The minimum atomic E-state index is -0.134. The summed E-state index contributed by atoms with van der Waals surface area (Å²) in [7, 11) is 0. The van der Waals surface area contributed by atoms with Gasteiger partial charge in [-0.1, -0.05) is 25.1 Å². The first kappa shape index (κ1) is 14.2. The molecule has 21 heavy (non-hydrogen) atoms. The highest BCUT2D eigenvalue weighted by Crippen LogP contribution is 2.37. The zero-order chi connectivity index (χ0) is 14.7. The molecule has 3 rings (SSSR count). The van der Waals surface area contributed by atoms with E-state index in [4.69, 9.17) is 0 Å². The molecule has 0 bridgehead atoms. The molecule has 2 nitrogen and oxygen atoms in total. The molecule has 3 heteroatoms. The number of aromatic nitrogens is 1. The van der Waals surface area contributed by atoms with Gasteiger partial charge in [0.1, 0.15) is 5.82 Å². The Morgan fingerprint density at radius 3 is 2.86 bits per heavy atom. The van der Waals surface area contributed by atoms with Crippen LogP contribution in [0.4, 0.5) is 4.39 Å². The Balaban J connectivity index is 1.51. The van der Waals surface area contributed by atoms with Crippen LogP contribution < -0.4 is 5.32 Å². The summed E-state index contributed by atoms with van der Waals surface area (Å²) in [4.78, 5) is 4.46. The molecule has 1 heterocycles. The van der Waals surface area contributed by atoms with E-state index in [0.29, 0.717) is 12.0 Å². The first-order valence-corrected chi connectivity index (χ1v) is 7.68. The van der Waals surface area contributed by atoms with Crippen LogP contribution >= 0.6 is 0 Å². The second-order valence-electron chi connectivity index (χ2n) is 5.76. The molecule has 0 radical (unpaired) electrons. The maximum absolute atomic E-state index is 13.2. The maximum Gasteiger partial charge on any atom is 0.123 e. The number of hydrogen-bond acceptors (Lipinski definition) is 2. The lowest BCUT2D eigenvalue weighted by molar-refractivity contribution is 0.288. The van der Waals surface area contributed by atoms with Gasteiger partial charge in [0.2, 0.25) is 0 Å². The summed E-state index contributed by atoms with van der Waals surface area (Å²) in [5.41, 5.74) is 3.58. The minimum Gasteiger partial charge on any atom is -0.308 e. The van der Waals surface area contributed by atoms with Crippen LogP contribution in [0.3, 0.4) is 0 Å². The zero-order valence-electron chi connectivity index (χ0n) is 12.3. The fraction of sp³-hybridized carbons (Fsp3) is 0.389. The van der Waals surface area contributed by atoms with E-state index >= 15 is 0 Å². The lowest BCUT2D eigenvalue weighted by atomic mass is 9.76. The van der Waals surface area contributed by atoms with Crippen molar-refractivity contribution in [1.82, 2.24) is 10.3 Å². The fourth-order valence-electron chi connectivity index (χ4n) is 3.01. The average Bonchev–Trinajstić information content (AvgIpc) is 2.46. The number of nitrogens with one attached hydrogen (secondary N) is 1. The van der Waals surface area contributed by atoms with Crippen molar-refractivity contribution >= 4 is 0 Å². The van der Waals surface area contributed by atoms with E-state index in [1.807, 2.05) is 18.3 Å². The Morgan fingerprint density at radius 2 is 2.10 bits per heavy atom. The van der Waals surface area contributed by atoms with Crippen LogP contribution in [0, 0.1) is 5.82 Å². The Hall–Kier alpha value is -1.74. The summed E-state index contributed by atoms with van der Waals surface area (Å²) in [6, 6.07) is 11.6. The number of aryl methyl sites for hydroxylation is 1. The first-order chi connectivity index (χ1) is 10.3. The fourth-order valence-corrected chi connectivity index (χ4v) is 3.01. The van der Waals surface area contributed by atoms with Crippen molar-refractivity contribution in [3.8, 4) is 0 Å². The molecule has 0 saturated heterocycles. The SMILES string of the molecule is CCc1cccnc1CNC1CC(c2cccc(F)c2)C1. The third-order valence-electron chi connectivity index (χ3n) is 4.38. The van der Waals surface area contributed by atoms with Gasteiger partial charge in [-0.3, -0.25) is 4.98 Å². The van der Waals surface area contributed by atoms with Gasteiger partial charge in [-0.15, -0.1) is 0 Å². The van der Waals surface area contributed by atoms with Gasteiger partial charge in [-0.25, -0.2) is 4.39 Å². The summed E-state index contributed by atoms with van der Waals surface area (Å²) in [6.45, 7) is 2.98. The molecule has 0 unspecified atom stereocenters. The van der Waals surface area contributed by atoms with Crippen molar-refractivity contribution in [2.75, 3.05) is 0 Å². The minimum absolute atomic E-state index is 0.134. The van der Waals surface area contributed by atoms with Gasteiger partial charge in [-0.2, -0.15) is 0 Å². The second-order valence-corrected chi connectivity index (χ2v) is 5.76. The Morgan fingerprint density at radius 1 is 1.24 bits per heavy atom. The lowest BCUT2D eigenvalue weighted by Gasteiger charge is -2.36. The molecular weight excluding hydrogens is 263 g/mol. The number of rotatable bonds is 5. The van der Waals surface area contributed by atoms with Gasteiger partial charge < -0.3 is 5.32 Å². The Bertz CT molecular complexity index is 606. The van der Waals surface area contributed by atoms with Gasteiger partial charge >= 0.3 is 0 Å². The quantitative estimate of drug-likeness (QED) is 0.903. The number of benzene rings is 1. The van der Waals surface area contributed by atoms with Gasteiger partial charge in [-0.05, 0) is 54.5 Å². The highest BCUT2D eigenvalue weighted by Gasteiger charge is 2.30. The smallest absolute Gasteiger partial charge is 0.123 e. The third-order valence-corrected chi connectivity index (χ3v) is 4.38. The molecule has 0 amide bonds. The zero-order valence-corrected chi connectivity index (χ0v) is 12.3. The Labute approximate surface area is 125 Å². The lowest BCUT2D eigenvalue weighted by Crippen LogP contribution is -2.39.